The number of hydrogen-bond donors (Lipinski definition) is 2. The summed E-state index contributed by atoms with van der Waals surface area (Å²) in [4.78, 5) is 14.5. The van der Waals surface area contributed by atoms with E-state index in [4.69, 9.17) is 5.73 Å². The fourth-order valence-corrected chi connectivity index (χ4v) is 3.01. The van der Waals surface area contributed by atoms with Crippen molar-refractivity contribution in [3.8, 4) is 0 Å². The predicted octanol–water partition coefficient (Wildman–Crippen LogP) is 3.03. The maximum absolute atomic E-state index is 12.2. The number of carbonyl (C=O) groups excluding carboxylic acids is 1. The number of hydrogen-bond acceptors (Lipinski definition) is 3. The Morgan fingerprint density at radius 1 is 1.38 bits per heavy atom. The minimum Gasteiger partial charge on any atom is -0.399 e. The van der Waals surface area contributed by atoms with Crippen molar-refractivity contribution in [2.24, 2.45) is 5.92 Å². The van der Waals surface area contributed by atoms with Crippen LogP contribution in [0.15, 0.2) is 18.2 Å². The topological polar surface area (TPSA) is 58.4 Å². The molecule has 1 aliphatic heterocycles. The number of amides is 1. The molecule has 1 atom stereocenters. The predicted molar refractivity (Wildman–Crippen MR) is 88.3 cm³/mol. The van der Waals surface area contributed by atoms with Crippen molar-refractivity contribution < 1.29 is 4.79 Å². The molecule has 1 unspecified atom stereocenters. The monoisotopic (exact) mass is 289 g/mol. The van der Waals surface area contributed by atoms with Crippen LogP contribution in [-0.4, -0.2) is 30.4 Å². The van der Waals surface area contributed by atoms with Gasteiger partial charge in [0, 0.05) is 11.4 Å². The average molecular weight is 289 g/mol. The minimum absolute atomic E-state index is 0.0674. The van der Waals surface area contributed by atoms with Crippen LogP contribution < -0.4 is 11.1 Å². The fraction of sp³-hybridized carbons (Fsp3) is 0.588. The third-order valence-electron chi connectivity index (χ3n) is 4.41. The number of nitrogens with zero attached hydrogens (tertiary/aromatic N) is 1. The summed E-state index contributed by atoms with van der Waals surface area (Å²) in [5.74, 6) is 0.898. The van der Waals surface area contributed by atoms with Crippen molar-refractivity contribution in [1.82, 2.24) is 4.90 Å². The molecule has 1 aliphatic rings. The molecule has 4 heteroatoms. The van der Waals surface area contributed by atoms with E-state index in [-0.39, 0.29) is 5.91 Å². The molecule has 116 valence electrons. The Morgan fingerprint density at radius 2 is 2.19 bits per heavy atom. The quantitative estimate of drug-likeness (QED) is 0.838. The summed E-state index contributed by atoms with van der Waals surface area (Å²) < 4.78 is 0. The van der Waals surface area contributed by atoms with E-state index in [2.05, 4.69) is 17.1 Å². The van der Waals surface area contributed by atoms with Gasteiger partial charge < -0.3 is 11.1 Å². The van der Waals surface area contributed by atoms with Gasteiger partial charge in [0.2, 0.25) is 5.91 Å². The highest BCUT2D eigenvalue weighted by Gasteiger charge is 2.17. The van der Waals surface area contributed by atoms with Gasteiger partial charge in [-0.2, -0.15) is 0 Å². The number of rotatable bonds is 4. The van der Waals surface area contributed by atoms with Gasteiger partial charge in [0.05, 0.1) is 6.54 Å². The van der Waals surface area contributed by atoms with E-state index < -0.39 is 0 Å². The Hall–Kier alpha value is -1.55. The number of carbonyl (C=O) groups is 1. The molecular weight excluding hydrogens is 262 g/mol. The largest absolute Gasteiger partial charge is 0.399 e. The van der Waals surface area contributed by atoms with Crippen LogP contribution >= 0.6 is 0 Å². The number of anilines is 2. The zero-order valence-corrected chi connectivity index (χ0v) is 13.2. The molecule has 3 N–H and O–H groups in total. The van der Waals surface area contributed by atoms with Gasteiger partial charge >= 0.3 is 0 Å². The van der Waals surface area contributed by atoms with Gasteiger partial charge in [-0.05, 0) is 69.0 Å². The van der Waals surface area contributed by atoms with Crippen LogP contribution in [0.4, 0.5) is 11.4 Å². The lowest BCUT2D eigenvalue weighted by molar-refractivity contribution is -0.117. The summed E-state index contributed by atoms with van der Waals surface area (Å²) >= 11 is 0. The second kappa shape index (κ2) is 7.46. The van der Waals surface area contributed by atoms with Crippen LogP contribution in [0, 0.1) is 12.8 Å². The van der Waals surface area contributed by atoms with Crippen molar-refractivity contribution in [3.05, 3.63) is 23.8 Å². The van der Waals surface area contributed by atoms with E-state index in [9.17, 15) is 4.79 Å². The molecule has 1 amide bonds. The maximum Gasteiger partial charge on any atom is 0.238 e. The van der Waals surface area contributed by atoms with Crippen LogP contribution in [0.1, 0.15) is 38.2 Å². The van der Waals surface area contributed by atoms with Gasteiger partial charge in [0.1, 0.15) is 0 Å². The van der Waals surface area contributed by atoms with Gasteiger partial charge in [-0.15, -0.1) is 0 Å². The fourth-order valence-electron chi connectivity index (χ4n) is 3.01. The van der Waals surface area contributed by atoms with E-state index in [0.29, 0.717) is 6.54 Å². The molecule has 1 aromatic carbocycles. The van der Waals surface area contributed by atoms with Crippen molar-refractivity contribution in [1.29, 1.82) is 0 Å². The van der Waals surface area contributed by atoms with Crippen molar-refractivity contribution >= 4 is 17.3 Å². The van der Waals surface area contributed by atoms with E-state index in [1.807, 2.05) is 25.1 Å². The van der Waals surface area contributed by atoms with Gasteiger partial charge in [-0.1, -0.05) is 13.3 Å². The molecule has 0 radical (unpaired) electrons. The Balaban J connectivity index is 1.86. The van der Waals surface area contributed by atoms with Crippen LogP contribution in [-0.2, 0) is 4.79 Å². The summed E-state index contributed by atoms with van der Waals surface area (Å²) in [6.45, 7) is 6.78. The highest BCUT2D eigenvalue weighted by molar-refractivity contribution is 5.93. The maximum atomic E-state index is 12.2. The van der Waals surface area contributed by atoms with Crippen molar-refractivity contribution in [3.63, 3.8) is 0 Å². The standard InChI is InChI=1S/C17H27N3O/c1-3-14-5-4-9-20(10-8-14)12-17(21)19-16-7-6-15(18)11-13(16)2/h6-7,11,14H,3-5,8-10,12,18H2,1-2H3,(H,19,21). The molecule has 1 aromatic rings. The molecule has 0 aromatic heterocycles. The van der Waals surface area contributed by atoms with Crippen LogP contribution in [0.2, 0.25) is 0 Å². The van der Waals surface area contributed by atoms with E-state index in [0.717, 1.165) is 35.9 Å². The number of nitrogens with two attached hydrogens (primary N) is 1. The van der Waals surface area contributed by atoms with E-state index in [1.165, 1.54) is 25.7 Å². The Labute approximate surface area is 127 Å². The van der Waals surface area contributed by atoms with Crippen LogP contribution in [0.3, 0.4) is 0 Å². The first kappa shape index (κ1) is 15.8. The van der Waals surface area contributed by atoms with Gasteiger partial charge in [-0.25, -0.2) is 0 Å². The summed E-state index contributed by atoms with van der Waals surface area (Å²) in [6, 6.07) is 5.58. The second-order valence-corrected chi connectivity index (χ2v) is 6.10. The van der Waals surface area contributed by atoms with E-state index in [1.54, 1.807) is 0 Å². The molecule has 4 nitrogen and oxygen atoms in total. The van der Waals surface area contributed by atoms with E-state index >= 15 is 0 Å². The smallest absolute Gasteiger partial charge is 0.238 e. The number of benzene rings is 1. The molecular formula is C17H27N3O. The number of nitrogens with one attached hydrogen (secondary N) is 1. The molecule has 1 saturated heterocycles. The lowest BCUT2D eigenvalue weighted by atomic mass is 9.98. The molecule has 1 fully saturated rings. The van der Waals surface area contributed by atoms with Crippen LogP contribution in [0.25, 0.3) is 0 Å². The lowest BCUT2D eigenvalue weighted by Crippen LogP contribution is -2.34. The zero-order chi connectivity index (χ0) is 15.2. The normalized spacial score (nSPS) is 20.0. The summed E-state index contributed by atoms with van der Waals surface area (Å²) in [6.07, 6.45) is 4.97. The molecule has 2 rings (SSSR count). The molecule has 0 spiro atoms. The SMILES string of the molecule is CCC1CCCN(CC(=O)Nc2ccc(N)cc2C)CC1. The van der Waals surface area contributed by atoms with Crippen molar-refractivity contribution in [2.45, 2.75) is 39.5 Å². The summed E-state index contributed by atoms with van der Waals surface area (Å²) in [5.41, 5.74) is 8.32. The second-order valence-electron chi connectivity index (χ2n) is 6.10. The number of likely N-dealkylation sites (tertiary alicyclic amines) is 1. The Morgan fingerprint density at radius 3 is 2.90 bits per heavy atom. The third-order valence-corrected chi connectivity index (χ3v) is 4.41. The molecule has 0 aliphatic carbocycles. The molecule has 0 bridgehead atoms. The van der Waals surface area contributed by atoms with Crippen LogP contribution in [0.5, 0.6) is 0 Å². The molecule has 0 saturated carbocycles. The Bertz CT molecular complexity index is 487. The van der Waals surface area contributed by atoms with Gasteiger partial charge in [0.15, 0.2) is 0 Å². The Kier molecular flexibility index (Phi) is 5.62. The highest BCUT2D eigenvalue weighted by atomic mass is 16.2. The highest BCUT2D eigenvalue weighted by Crippen LogP contribution is 2.21. The number of nitrogen functional groups attached to an aromatic ring is 1. The first-order chi connectivity index (χ1) is 10.1. The lowest BCUT2D eigenvalue weighted by Gasteiger charge is -2.20. The average Bonchev–Trinajstić information content (AvgIpc) is 2.67. The zero-order valence-electron chi connectivity index (χ0n) is 13.2. The van der Waals surface area contributed by atoms with Gasteiger partial charge in [-0.3, -0.25) is 9.69 Å². The summed E-state index contributed by atoms with van der Waals surface area (Å²) in [7, 11) is 0. The summed E-state index contributed by atoms with van der Waals surface area (Å²) in [5, 5.41) is 2.99. The van der Waals surface area contributed by atoms with Gasteiger partial charge in [0.25, 0.3) is 0 Å². The third kappa shape index (κ3) is 4.74. The first-order valence-corrected chi connectivity index (χ1v) is 7.96. The molecule has 21 heavy (non-hydrogen) atoms. The molecule has 1 heterocycles. The first-order valence-electron chi connectivity index (χ1n) is 7.96. The number of aryl methyl sites for hydroxylation is 1. The van der Waals surface area contributed by atoms with Crippen molar-refractivity contribution in [2.75, 3.05) is 30.7 Å². The minimum atomic E-state index is 0.0674.